The van der Waals surface area contributed by atoms with E-state index in [4.69, 9.17) is 4.74 Å². The Labute approximate surface area is 180 Å². The first-order chi connectivity index (χ1) is 13.3. The number of ether oxygens (including phenoxy) is 1. The molecule has 140 valence electrons. The molecule has 4 aromatic rings. The summed E-state index contributed by atoms with van der Waals surface area (Å²) < 4.78 is 5.38. The van der Waals surface area contributed by atoms with Crippen LogP contribution >= 0.6 is 0 Å². The standard InChI is InChI=1S/C14H12O.C11H8N.Ir/c1-11-7-6-10-13(14(11)15-2)12-8-4-3-5-9-12;1-2-6-10(7-3-1)11-8-4-5-9-12-11;/h3-8H,1-2H3;1-6,8-9H;/q-2;-1;+3. The van der Waals surface area contributed by atoms with Gasteiger partial charge in [0.05, 0.1) is 7.11 Å². The molecule has 0 fully saturated rings. The number of hydrogen-bond acceptors (Lipinski definition) is 2. The average molecular weight is 543 g/mol. The van der Waals surface area contributed by atoms with E-state index in [2.05, 4.69) is 23.2 Å². The van der Waals surface area contributed by atoms with Crippen molar-refractivity contribution in [3.8, 4) is 28.1 Å². The van der Waals surface area contributed by atoms with Crippen molar-refractivity contribution in [1.29, 1.82) is 0 Å². The third kappa shape index (κ3) is 5.63. The van der Waals surface area contributed by atoms with Crippen LogP contribution in [0.3, 0.4) is 0 Å². The summed E-state index contributed by atoms with van der Waals surface area (Å²) in [5, 5.41) is 0. The monoisotopic (exact) mass is 543 g/mol. The van der Waals surface area contributed by atoms with Crippen LogP contribution in [0.15, 0.2) is 85.1 Å². The number of methoxy groups -OCH3 is 1. The van der Waals surface area contributed by atoms with Crippen molar-refractivity contribution in [2.45, 2.75) is 6.92 Å². The Bertz CT molecular complexity index is 920. The summed E-state index contributed by atoms with van der Waals surface area (Å²) in [6.45, 7) is 2.03. The summed E-state index contributed by atoms with van der Waals surface area (Å²) in [5.41, 5.74) is 5.11. The summed E-state index contributed by atoms with van der Waals surface area (Å²) in [6.07, 6.45) is 1.79. The van der Waals surface area contributed by atoms with Gasteiger partial charge in [0, 0.05) is 6.20 Å². The van der Waals surface area contributed by atoms with Crippen molar-refractivity contribution in [1.82, 2.24) is 4.98 Å². The van der Waals surface area contributed by atoms with E-state index in [1.165, 1.54) is 0 Å². The number of aryl methyl sites for hydroxylation is 1. The third-order valence-electron chi connectivity index (χ3n) is 3.98. The molecule has 3 heteroatoms. The Balaban J connectivity index is 0.000000198. The average Bonchev–Trinajstić information content (AvgIpc) is 2.76. The minimum atomic E-state index is 0. The molecule has 0 aliphatic heterocycles. The number of aromatic nitrogens is 1. The number of hydrogen-bond donors (Lipinski definition) is 0. The SMILES string of the molecule is COc1c(-c2[c-]cccc2)[c-]ccc1C.[Ir+3].[c-]1ccccc1-c1ccccn1. The minimum Gasteiger partial charge on any atom is -0.549 e. The first-order valence-electron chi connectivity index (χ1n) is 8.70. The largest absolute Gasteiger partial charge is 3.00 e. The van der Waals surface area contributed by atoms with Crippen molar-refractivity contribution in [3.05, 3.63) is 109 Å². The molecule has 2 nitrogen and oxygen atoms in total. The van der Waals surface area contributed by atoms with Crippen LogP contribution in [-0.4, -0.2) is 12.1 Å². The van der Waals surface area contributed by atoms with Gasteiger partial charge in [0.2, 0.25) is 0 Å². The molecule has 0 bridgehead atoms. The molecule has 1 heterocycles. The fraction of sp³-hybridized carbons (Fsp3) is 0.0800. The molecule has 3 aromatic carbocycles. The van der Waals surface area contributed by atoms with Gasteiger partial charge >= 0.3 is 20.1 Å². The Morgan fingerprint density at radius 2 is 1.43 bits per heavy atom. The summed E-state index contributed by atoms with van der Waals surface area (Å²) in [6, 6.07) is 34.9. The summed E-state index contributed by atoms with van der Waals surface area (Å²) >= 11 is 0. The van der Waals surface area contributed by atoms with Gasteiger partial charge in [-0.3, -0.25) is 0 Å². The smallest absolute Gasteiger partial charge is 0.549 e. The van der Waals surface area contributed by atoms with Crippen LogP contribution in [0.2, 0.25) is 0 Å². The van der Waals surface area contributed by atoms with Crippen molar-refractivity contribution >= 4 is 0 Å². The maximum atomic E-state index is 5.38. The zero-order valence-corrected chi connectivity index (χ0v) is 18.2. The quantitative estimate of drug-likeness (QED) is 0.305. The fourth-order valence-corrected chi connectivity index (χ4v) is 2.68. The van der Waals surface area contributed by atoms with Crippen LogP contribution in [0.4, 0.5) is 0 Å². The molecule has 0 unspecified atom stereocenters. The fourth-order valence-electron chi connectivity index (χ4n) is 2.68. The summed E-state index contributed by atoms with van der Waals surface area (Å²) in [5.74, 6) is 0.875. The second-order valence-electron chi connectivity index (χ2n) is 5.84. The van der Waals surface area contributed by atoms with Crippen LogP contribution in [0.1, 0.15) is 5.56 Å². The first kappa shape index (κ1) is 21.6. The maximum Gasteiger partial charge on any atom is 3.00 e. The van der Waals surface area contributed by atoms with Gasteiger partial charge in [-0.15, -0.1) is 53.6 Å². The Morgan fingerprint density at radius 3 is 2.00 bits per heavy atom. The van der Waals surface area contributed by atoms with Crippen LogP contribution in [0.5, 0.6) is 5.75 Å². The minimum absolute atomic E-state index is 0. The van der Waals surface area contributed by atoms with E-state index in [9.17, 15) is 0 Å². The van der Waals surface area contributed by atoms with Gasteiger partial charge in [0.15, 0.2) is 0 Å². The van der Waals surface area contributed by atoms with Gasteiger partial charge < -0.3 is 9.72 Å². The number of nitrogens with zero attached hydrogens (tertiary/aromatic N) is 1. The molecule has 0 amide bonds. The van der Waals surface area contributed by atoms with E-state index in [1.54, 1.807) is 13.3 Å². The van der Waals surface area contributed by atoms with Crippen molar-refractivity contribution in [2.75, 3.05) is 7.11 Å². The van der Waals surface area contributed by atoms with Gasteiger partial charge in [0.25, 0.3) is 0 Å². The van der Waals surface area contributed by atoms with Crippen LogP contribution < -0.4 is 4.74 Å². The third-order valence-corrected chi connectivity index (χ3v) is 3.98. The summed E-state index contributed by atoms with van der Waals surface area (Å²) in [4.78, 5) is 4.22. The van der Waals surface area contributed by atoms with E-state index in [-0.39, 0.29) is 20.1 Å². The van der Waals surface area contributed by atoms with Crippen LogP contribution in [0.25, 0.3) is 22.4 Å². The molecule has 0 aliphatic rings. The molecule has 0 radical (unpaired) electrons. The predicted molar refractivity (Wildman–Crippen MR) is 109 cm³/mol. The molecule has 0 saturated carbocycles. The zero-order chi connectivity index (χ0) is 18.9. The van der Waals surface area contributed by atoms with Gasteiger partial charge in [-0.1, -0.05) is 19.1 Å². The molecule has 0 atom stereocenters. The van der Waals surface area contributed by atoms with E-state index in [0.717, 1.165) is 33.7 Å². The molecule has 0 aliphatic carbocycles. The molecule has 0 spiro atoms. The molecule has 0 saturated heterocycles. The molecule has 4 rings (SSSR count). The number of benzene rings is 3. The zero-order valence-electron chi connectivity index (χ0n) is 15.8. The van der Waals surface area contributed by atoms with Crippen molar-refractivity contribution < 1.29 is 24.8 Å². The molecular formula is C25H20IrNO. The first-order valence-corrected chi connectivity index (χ1v) is 8.70. The molecular weight excluding hydrogens is 522 g/mol. The maximum absolute atomic E-state index is 5.38. The van der Waals surface area contributed by atoms with Gasteiger partial charge in [-0.2, -0.15) is 42.0 Å². The van der Waals surface area contributed by atoms with Gasteiger partial charge in [-0.05, 0) is 17.5 Å². The molecule has 0 N–H and O–H groups in total. The van der Waals surface area contributed by atoms with Crippen molar-refractivity contribution in [2.24, 2.45) is 0 Å². The van der Waals surface area contributed by atoms with Crippen molar-refractivity contribution in [3.63, 3.8) is 0 Å². The van der Waals surface area contributed by atoms with E-state index >= 15 is 0 Å². The number of rotatable bonds is 3. The Kier molecular flexibility index (Phi) is 8.61. The molecule has 1 aromatic heterocycles. The van der Waals surface area contributed by atoms with E-state index in [1.807, 2.05) is 85.8 Å². The molecule has 28 heavy (non-hydrogen) atoms. The van der Waals surface area contributed by atoms with E-state index in [0.29, 0.717) is 0 Å². The van der Waals surface area contributed by atoms with Crippen LogP contribution in [0, 0.1) is 25.1 Å². The summed E-state index contributed by atoms with van der Waals surface area (Å²) in [7, 11) is 1.68. The number of pyridine rings is 1. The Hall–Kier alpha value is -2.74. The normalized spacial score (nSPS) is 9.50. The van der Waals surface area contributed by atoms with E-state index < -0.39 is 0 Å². The second-order valence-corrected chi connectivity index (χ2v) is 5.84. The topological polar surface area (TPSA) is 22.1 Å². The predicted octanol–water partition coefficient (Wildman–Crippen LogP) is 5.82. The second kappa shape index (κ2) is 11.2. The Morgan fingerprint density at radius 1 is 0.750 bits per heavy atom. The van der Waals surface area contributed by atoms with Gasteiger partial charge in [0.1, 0.15) is 0 Å². The van der Waals surface area contributed by atoms with Crippen LogP contribution in [-0.2, 0) is 20.1 Å². The van der Waals surface area contributed by atoms with Gasteiger partial charge in [-0.25, -0.2) is 5.56 Å².